The topological polar surface area (TPSA) is 21.8 Å². The van der Waals surface area contributed by atoms with E-state index in [9.17, 15) is 0 Å². The zero-order valence-electron chi connectivity index (χ0n) is 12.9. The zero-order valence-corrected chi connectivity index (χ0v) is 12.9. The van der Waals surface area contributed by atoms with Gasteiger partial charge in [0.1, 0.15) is 0 Å². The van der Waals surface area contributed by atoms with Crippen LogP contribution in [0.25, 0.3) is 0 Å². The number of piperidine rings is 1. The van der Waals surface area contributed by atoms with Gasteiger partial charge in [-0.2, -0.15) is 0 Å². The van der Waals surface area contributed by atoms with Crippen LogP contribution in [0.3, 0.4) is 0 Å². The maximum atomic E-state index is 3.66. The molecule has 0 aromatic carbocycles. The highest BCUT2D eigenvalue weighted by atomic mass is 15.3. The van der Waals surface area contributed by atoms with Gasteiger partial charge in [-0.25, -0.2) is 0 Å². The number of rotatable bonds is 6. The minimum absolute atomic E-state index is 0.792. The smallest absolute Gasteiger partial charge is 0.0110 e. The summed E-state index contributed by atoms with van der Waals surface area (Å²) in [6.45, 7) is 9.98. The summed E-state index contributed by atoms with van der Waals surface area (Å²) in [6, 6.07) is 0.792. The van der Waals surface area contributed by atoms with Crippen molar-refractivity contribution in [1.29, 1.82) is 0 Å². The fourth-order valence-electron chi connectivity index (χ4n) is 3.09. The van der Waals surface area contributed by atoms with Crippen LogP contribution in [0.1, 0.15) is 25.7 Å². The maximum absolute atomic E-state index is 3.66. The van der Waals surface area contributed by atoms with Crippen molar-refractivity contribution >= 4 is 0 Å². The molecule has 0 saturated carbocycles. The van der Waals surface area contributed by atoms with Gasteiger partial charge in [0, 0.05) is 45.3 Å². The van der Waals surface area contributed by atoms with Crippen molar-refractivity contribution in [2.75, 3.05) is 66.5 Å². The van der Waals surface area contributed by atoms with Crippen molar-refractivity contribution in [3.05, 3.63) is 0 Å². The van der Waals surface area contributed by atoms with Crippen molar-refractivity contribution < 1.29 is 0 Å². The van der Waals surface area contributed by atoms with Gasteiger partial charge in [0.2, 0.25) is 0 Å². The predicted molar refractivity (Wildman–Crippen MR) is 81.7 cm³/mol. The van der Waals surface area contributed by atoms with Crippen LogP contribution in [0.4, 0.5) is 0 Å². The predicted octanol–water partition coefficient (Wildman–Crippen LogP) is 0.698. The van der Waals surface area contributed by atoms with Gasteiger partial charge in [-0.15, -0.1) is 0 Å². The van der Waals surface area contributed by atoms with Gasteiger partial charge in [-0.3, -0.25) is 4.90 Å². The van der Waals surface area contributed by atoms with Crippen molar-refractivity contribution in [3.63, 3.8) is 0 Å². The average molecular weight is 268 g/mol. The second kappa shape index (κ2) is 8.20. The first-order valence-corrected chi connectivity index (χ1v) is 8.07. The fraction of sp³-hybridized carbons (Fsp3) is 1.00. The largest absolute Gasteiger partial charge is 0.314 e. The molecule has 2 aliphatic rings. The van der Waals surface area contributed by atoms with Gasteiger partial charge in [0.15, 0.2) is 0 Å². The summed E-state index contributed by atoms with van der Waals surface area (Å²) in [7, 11) is 4.32. The van der Waals surface area contributed by atoms with E-state index < -0.39 is 0 Å². The molecule has 2 rings (SSSR count). The Balaban J connectivity index is 1.55. The highest BCUT2D eigenvalue weighted by Gasteiger charge is 2.18. The van der Waals surface area contributed by atoms with Crippen LogP contribution in [0, 0.1) is 0 Å². The van der Waals surface area contributed by atoms with E-state index >= 15 is 0 Å². The van der Waals surface area contributed by atoms with Crippen LogP contribution in [-0.2, 0) is 0 Å². The number of hydrogen-bond donors (Lipinski definition) is 1. The molecular formula is C15H32N4. The normalized spacial score (nSPS) is 27.0. The third-order valence-corrected chi connectivity index (χ3v) is 4.53. The molecule has 0 spiro atoms. The Morgan fingerprint density at radius 1 is 1.00 bits per heavy atom. The van der Waals surface area contributed by atoms with Crippen molar-refractivity contribution in [3.8, 4) is 0 Å². The third kappa shape index (κ3) is 5.78. The molecule has 0 bridgehead atoms. The van der Waals surface area contributed by atoms with E-state index in [-0.39, 0.29) is 0 Å². The summed E-state index contributed by atoms with van der Waals surface area (Å²) in [6.07, 6.45) is 5.54. The van der Waals surface area contributed by atoms with Gasteiger partial charge in [0.25, 0.3) is 0 Å². The number of nitrogens with zero attached hydrogens (tertiary/aromatic N) is 3. The quantitative estimate of drug-likeness (QED) is 0.765. The van der Waals surface area contributed by atoms with E-state index in [1.54, 1.807) is 0 Å². The molecule has 0 amide bonds. The highest BCUT2D eigenvalue weighted by Crippen LogP contribution is 2.11. The molecule has 4 nitrogen and oxygen atoms in total. The number of hydrogen-bond acceptors (Lipinski definition) is 4. The summed E-state index contributed by atoms with van der Waals surface area (Å²) < 4.78 is 0. The molecule has 1 N–H and O–H groups in total. The molecule has 0 aliphatic carbocycles. The molecule has 2 saturated heterocycles. The zero-order chi connectivity index (χ0) is 13.5. The molecule has 2 aliphatic heterocycles. The van der Waals surface area contributed by atoms with E-state index in [1.165, 1.54) is 78.0 Å². The lowest BCUT2D eigenvalue weighted by molar-refractivity contribution is 0.120. The molecule has 4 heteroatoms. The van der Waals surface area contributed by atoms with Gasteiger partial charge in [0.05, 0.1) is 0 Å². The third-order valence-electron chi connectivity index (χ3n) is 4.53. The first kappa shape index (κ1) is 15.2. The highest BCUT2D eigenvalue weighted by molar-refractivity contribution is 4.77. The van der Waals surface area contributed by atoms with Crippen LogP contribution in [0.5, 0.6) is 0 Å². The molecule has 2 heterocycles. The van der Waals surface area contributed by atoms with Crippen LogP contribution in [0.2, 0.25) is 0 Å². The maximum Gasteiger partial charge on any atom is 0.0110 e. The minimum atomic E-state index is 0.792. The Morgan fingerprint density at radius 3 is 2.26 bits per heavy atom. The van der Waals surface area contributed by atoms with Gasteiger partial charge < -0.3 is 15.1 Å². The Morgan fingerprint density at radius 2 is 1.68 bits per heavy atom. The lowest BCUT2D eigenvalue weighted by atomic mass is 10.0. The second-order valence-electron chi connectivity index (χ2n) is 6.42. The number of likely N-dealkylation sites (N-methyl/N-ethyl adjacent to an activating group) is 1. The Hall–Kier alpha value is -0.160. The van der Waals surface area contributed by atoms with Crippen LogP contribution < -0.4 is 5.32 Å². The summed E-state index contributed by atoms with van der Waals surface area (Å²) in [5.74, 6) is 0. The molecule has 0 aromatic heterocycles. The fourth-order valence-corrected chi connectivity index (χ4v) is 3.09. The molecule has 112 valence electrons. The van der Waals surface area contributed by atoms with E-state index in [0.29, 0.717) is 0 Å². The van der Waals surface area contributed by atoms with Gasteiger partial charge in [-0.1, -0.05) is 6.42 Å². The molecule has 19 heavy (non-hydrogen) atoms. The van der Waals surface area contributed by atoms with Crippen molar-refractivity contribution in [2.24, 2.45) is 0 Å². The molecule has 1 unspecified atom stereocenters. The summed E-state index contributed by atoms with van der Waals surface area (Å²) in [4.78, 5) is 7.54. The Kier molecular flexibility index (Phi) is 6.57. The van der Waals surface area contributed by atoms with E-state index in [4.69, 9.17) is 0 Å². The SMILES string of the molecule is CN(C)CCN1CCN(CCC2CCCCN2)CC1. The van der Waals surface area contributed by atoms with Crippen LogP contribution in [-0.4, -0.2) is 87.2 Å². The number of piperazine rings is 1. The van der Waals surface area contributed by atoms with E-state index in [2.05, 4.69) is 34.1 Å². The lowest BCUT2D eigenvalue weighted by Gasteiger charge is -2.36. The van der Waals surface area contributed by atoms with Crippen molar-refractivity contribution in [1.82, 2.24) is 20.0 Å². The molecule has 2 fully saturated rings. The monoisotopic (exact) mass is 268 g/mol. The number of nitrogens with one attached hydrogen (secondary N) is 1. The Labute approximate surface area is 119 Å². The minimum Gasteiger partial charge on any atom is -0.314 e. The summed E-state index contributed by atoms with van der Waals surface area (Å²) in [5.41, 5.74) is 0. The van der Waals surface area contributed by atoms with E-state index in [0.717, 1.165) is 6.04 Å². The van der Waals surface area contributed by atoms with Gasteiger partial charge in [-0.05, 0) is 46.4 Å². The Bertz CT molecular complexity index is 230. The molecule has 0 radical (unpaired) electrons. The molecule has 1 atom stereocenters. The van der Waals surface area contributed by atoms with Crippen molar-refractivity contribution in [2.45, 2.75) is 31.7 Å². The second-order valence-corrected chi connectivity index (χ2v) is 6.42. The van der Waals surface area contributed by atoms with Crippen LogP contribution in [0.15, 0.2) is 0 Å². The first-order chi connectivity index (χ1) is 9.24. The standard InChI is InChI=1S/C15H32N4/c1-17(2)9-10-19-13-11-18(12-14-19)8-6-15-5-3-4-7-16-15/h15-16H,3-14H2,1-2H3. The lowest BCUT2D eigenvalue weighted by Crippen LogP contribution is -2.49. The summed E-state index contributed by atoms with van der Waals surface area (Å²) >= 11 is 0. The van der Waals surface area contributed by atoms with Gasteiger partial charge >= 0.3 is 0 Å². The summed E-state index contributed by atoms with van der Waals surface area (Å²) in [5, 5.41) is 3.66. The first-order valence-electron chi connectivity index (χ1n) is 8.07. The molecule has 0 aromatic rings. The average Bonchev–Trinajstić information content (AvgIpc) is 2.45. The van der Waals surface area contributed by atoms with E-state index in [1.807, 2.05) is 0 Å². The van der Waals surface area contributed by atoms with Crippen LogP contribution >= 0.6 is 0 Å². The molecular weight excluding hydrogens is 236 g/mol.